The molecule has 1 atom stereocenters. The molecule has 0 aromatic carbocycles. The molecule has 0 amide bonds. The van der Waals surface area contributed by atoms with Crippen LogP contribution in [0.5, 0.6) is 0 Å². The molecule has 1 fully saturated rings. The summed E-state index contributed by atoms with van der Waals surface area (Å²) in [6.07, 6.45) is 4.49. The van der Waals surface area contributed by atoms with Crippen molar-refractivity contribution in [2.75, 3.05) is 25.0 Å². The summed E-state index contributed by atoms with van der Waals surface area (Å²) < 4.78 is 0. The van der Waals surface area contributed by atoms with Gasteiger partial charge in [0.1, 0.15) is 0 Å². The zero-order valence-corrected chi connectivity index (χ0v) is 11.0. The Morgan fingerprint density at radius 1 is 1.56 bits per heavy atom. The summed E-state index contributed by atoms with van der Waals surface area (Å²) in [4.78, 5) is 6.81. The van der Waals surface area contributed by atoms with E-state index in [4.69, 9.17) is 0 Å². The number of thiazole rings is 1. The van der Waals surface area contributed by atoms with E-state index >= 15 is 0 Å². The summed E-state index contributed by atoms with van der Waals surface area (Å²) in [6, 6.07) is 0.546. The van der Waals surface area contributed by atoms with Crippen molar-refractivity contribution in [1.29, 1.82) is 0 Å². The molecule has 0 radical (unpaired) electrons. The quantitative estimate of drug-likeness (QED) is 0.875. The van der Waals surface area contributed by atoms with Crippen molar-refractivity contribution in [1.82, 2.24) is 9.88 Å². The van der Waals surface area contributed by atoms with Gasteiger partial charge in [0.25, 0.3) is 0 Å². The van der Waals surface area contributed by atoms with E-state index in [-0.39, 0.29) is 0 Å². The van der Waals surface area contributed by atoms with Crippen LogP contribution in [0.4, 0.5) is 5.13 Å². The maximum Gasteiger partial charge on any atom is 0.182 e. The monoisotopic (exact) mass is 239 g/mol. The second kappa shape index (κ2) is 5.64. The topological polar surface area (TPSA) is 28.2 Å². The van der Waals surface area contributed by atoms with Gasteiger partial charge < -0.3 is 10.2 Å². The van der Waals surface area contributed by atoms with Gasteiger partial charge in [0.2, 0.25) is 0 Å². The smallest absolute Gasteiger partial charge is 0.182 e. The zero-order chi connectivity index (χ0) is 11.4. The van der Waals surface area contributed by atoms with Gasteiger partial charge >= 0.3 is 0 Å². The van der Waals surface area contributed by atoms with Gasteiger partial charge in [-0.25, -0.2) is 4.98 Å². The van der Waals surface area contributed by atoms with Gasteiger partial charge in [0, 0.05) is 17.6 Å². The van der Waals surface area contributed by atoms with Crippen molar-refractivity contribution in [3.63, 3.8) is 0 Å². The van der Waals surface area contributed by atoms with Gasteiger partial charge in [-0.2, -0.15) is 0 Å². The van der Waals surface area contributed by atoms with Crippen LogP contribution in [0.2, 0.25) is 0 Å². The fourth-order valence-corrected chi connectivity index (χ4v) is 3.00. The molecule has 1 aliphatic rings. The van der Waals surface area contributed by atoms with Gasteiger partial charge in [-0.1, -0.05) is 6.92 Å². The minimum Gasteiger partial charge on any atom is -0.359 e. The third-order valence-electron chi connectivity index (χ3n) is 3.57. The first-order valence-electron chi connectivity index (χ1n) is 6.18. The summed E-state index contributed by atoms with van der Waals surface area (Å²) in [7, 11) is 0. The van der Waals surface area contributed by atoms with Gasteiger partial charge in [-0.3, -0.25) is 0 Å². The molecule has 90 valence electrons. The second-order valence-corrected chi connectivity index (χ2v) is 5.44. The summed E-state index contributed by atoms with van der Waals surface area (Å²) in [5.74, 6) is 0.798. The molecule has 4 heteroatoms. The van der Waals surface area contributed by atoms with Gasteiger partial charge in [-0.05, 0) is 45.3 Å². The van der Waals surface area contributed by atoms with E-state index in [2.05, 4.69) is 29.0 Å². The van der Waals surface area contributed by atoms with Gasteiger partial charge in [0.05, 0.1) is 0 Å². The van der Waals surface area contributed by atoms with Crippen LogP contribution in [-0.2, 0) is 0 Å². The van der Waals surface area contributed by atoms with Crippen LogP contribution in [-0.4, -0.2) is 35.6 Å². The molecule has 2 heterocycles. The van der Waals surface area contributed by atoms with Crippen molar-refractivity contribution in [2.45, 2.75) is 32.7 Å². The Bertz CT molecular complexity index is 291. The van der Waals surface area contributed by atoms with Crippen LogP contribution in [0.1, 0.15) is 26.7 Å². The molecule has 0 saturated carbocycles. The molecule has 16 heavy (non-hydrogen) atoms. The second-order valence-electron chi connectivity index (χ2n) is 4.54. The van der Waals surface area contributed by atoms with Crippen molar-refractivity contribution in [2.24, 2.45) is 5.92 Å². The molecule has 1 aromatic heterocycles. The van der Waals surface area contributed by atoms with Crippen LogP contribution in [0.25, 0.3) is 0 Å². The maximum atomic E-state index is 4.28. The number of likely N-dealkylation sites (tertiary alicyclic amines) is 1. The lowest BCUT2D eigenvalue weighted by Crippen LogP contribution is -2.39. The van der Waals surface area contributed by atoms with Crippen LogP contribution < -0.4 is 5.32 Å². The Morgan fingerprint density at radius 2 is 2.31 bits per heavy atom. The van der Waals surface area contributed by atoms with E-state index in [1.165, 1.54) is 32.5 Å². The molecule has 1 unspecified atom stereocenters. The lowest BCUT2D eigenvalue weighted by atomic mass is 9.90. The van der Waals surface area contributed by atoms with Crippen molar-refractivity contribution < 1.29 is 0 Å². The average molecular weight is 239 g/mol. The fourth-order valence-electron chi connectivity index (χ4n) is 2.38. The maximum absolute atomic E-state index is 4.28. The van der Waals surface area contributed by atoms with Crippen LogP contribution in [0, 0.1) is 5.92 Å². The minimum atomic E-state index is 0.546. The molecular weight excluding hydrogens is 218 g/mol. The number of anilines is 1. The SMILES string of the molecule is CCN1CCC(C(C)Nc2nccs2)CC1. The highest BCUT2D eigenvalue weighted by Crippen LogP contribution is 2.23. The standard InChI is InChI=1S/C12H21N3S/c1-3-15-7-4-11(5-8-15)10(2)14-12-13-6-9-16-12/h6,9-11H,3-5,7-8H2,1-2H3,(H,13,14). The van der Waals surface area contributed by atoms with Gasteiger partial charge in [0.15, 0.2) is 5.13 Å². The number of hydrogen-bond acceptors (Lipinski definition) is 4. The number of rotatable bonds is 4. The summed E-state index contributed by atoms with van der Waals surface area (Å²) in [5.41, 5.74) is 0. The van der Waals surface area contributed by atoms with Crippen LogP contribution in [0.15, 0.2) is 11.6 Å². The average Bonchev–Trinajstić information content (AvgIpc) is 2.82. The first-order valence-corrected chi connectivity index (χ1v) is 7.06. The summed E-state index contributed by atoms with van der Waals surface area (Å²) in [6.45, 7) is 8.24. The van der Waals surface area contributed by atoms with Crippen LogP contribution >= 0.6 is 11.3 Å². The Labute approximate surface area is 102 Å². The Hall–Kier alpha value is -0.610. The Kier molecular flexibility index (Phi) is 4.18. The molecule has 1 saturated heterocycles. The number of piperidine rings is 1. The van der Waals surface area contributed by atoms with E-state index in [1.54, 1.807) is 11.3 Å². The van der Waals surface area contributed by atoms with Crippen LogP contribution in [0.3, 0.4) is 0 Å². The highest BCUT2D eigenvalue weighted by molar-refractivity contribution is 7.13. The van der Waals surface area contributed by atoms with Crippen molar-refractivity contribution >= 4 is 16.5 Å². The van der Waals surface area contributed by atoms with Crippen molar-refractivity contribution in [3.8, 4) is 0 Å². The number of nitrogens with zero attached hydrogens (tertiary/aromatic N) is 2. The highest BCUT2D eigenvalue weighted by atomic mass is 32.1. The largest absolute Gasteiger partial charge is 0.359 e. The fraction of sp³-hybridized carbons (Fsp3) is 0.750. The van der Waals surface area contributed by atoms with Crippen molar-refractivity contribution in [3.05, 3.63) is 11.6 Å². The third kappa shape index (κ3) is 2.95. The molecule has 0 bridgehead atoms. The third-order valence-corrected chi connectivity index (χ3v) is 4.27. The van der Waals surface area contributed by atoms with E-state index < -0.39 is 0 Å². The van der Waals surface area contributed by atoms with E-state index in [9.17, 15) is 0 Å². The molecular formula is C12H21N3S. The molecule has 1 N–H and O–H groups in total. The highest BCUT2D eigenvalue weighted by Gasteiger charge is 2.23. The Morgan fingerprint density at radius 3 is 2.88 bits per heavy atom. The molecule has 0 aliphatic carbocycles. The van der Waals surface area contributed by atoms with E-state index in [0.717, 1.165) is 11.0 Å². The lowest BCUT2D eigenvalue weighted by molar-refractivity contribution is 0.183. The summed E-state index contributed by atoms with van der Waals surface area (Å²) in [5, 5.41) is 6.60. The predicted octanol–water partition coefficient (Wildman–Crippen LogP) is 2.68. The normalized spacial score (nSPS) is 20.9. The lowest BCUT2D eigenvalue weighted by Gasteiger charge is -2.34. The molecule has 1 aliphatic heterocycles. The molecule has 1 aromatic rings. The zero-order valence-electron chi connectivity index (χ0n) is 10.1. The molecule has 2 rings (SSSR count). The number of nitrogens with one attached hydrogen (secondary N) is 1. The summed E-state index contributed by atoms with van der Waals surface area (Å²) >= 11 is 1.69. The first-order chi connectivity index (χ1) is 7.79. The Balaban J connectivity index is 1.80. The molecule has 3 nitrogen and oxygen atoms in total. The first kappa shape index (κ1) is 11.9. The van der Waals surface area contributed by atoms with Gasteiger partial charge in [-0.15, -0.1) is 11.3 Å². The number of hydrogen-bond donors (Lipinski definition) is 1. The number of aromatic nitrogens is 1. The van der Waals surface area contributed by atoms with E-state index in [1.807, 2.05) is 11.6 Å². The minimum absolute atomic E-state index is 0.546. The van der Waals surface area contributed by atoms with E-state index in [0.29, 0.717) is 6.04 Å². The molecule has 0 spiro atoms. The predicted molar refractivity (Wildman–Crippen MR) is 70.0 cm³/mol.